The average Bonchev–Trinajstić information content (AvgIpc) is 3.25. The lowest BCUT2D eigenvalue weighted by Gasteiger charge is -2.32. The molecule has 1 unspecified atom stereocenters. The number of nitrogens with one attached hydrogen (secondary N) is 3. The van der Waals surface area contributed by atoms with Crippen molar-refractivity contribution in [1.29, 1.82) is 0 Å². The second kappa shape index (κ2) is 13.4. The molecule has 0 radical (unpaired) electrons. The molecule has 7 nitrogen and oxygen atoms in total. The van der Waals surface area contributed by atoms with Gasteiger partial charge in [-0.05, 0) is 73.8 Å². The number of nitrogens with zero attached hydrogens (tertiary/aromatic N) is 2. The number of hydrogen-bond donors (Lipinski definition) is 3. The molecule has 2 heterocycles. The second-order valence-electron chi connectivity index (χ2n) is 11.2. The standard InChI is InChI=1S/C30H43ClFN5O2S/c1-5-17-40(38,39)34-27-13-12-26(32)30(29(27)31)37-20-28(33-35-37)24-11-10-22(6-2)18-25(19-24)36-15-8-7-9-23(14-16-36)21(3)4/h11-13,18-21,23,33-35H,5-10,14-17H2,1-4H3. The number of anilines is 2. The Morgan fingerprint density at radius 3 is 2.67 bits per heavy atom. The zero-order chi connectivity index (χ0) is 28.9. The molecule has 10 heteroatoms. The van der Waals surface area contributed by atoms with Crippen molar-refractivity contribution < 1.29 is 12.8 Å². The normalized spacial score (nSPS) is 20.6. The molecule has 2 aliphatic heterocycles. The van der Waals surface area contributed by atoms with Crippen molar-refractivity contribution in [3.05, 3.63) is 69.9 Å². The van der Waals surface area contributed by atoms with Gasteiger partial charge in [-0.1, -0.05) is 63.8 Å². The summed E-state index contributed by atoms with van der Waals surface area (Å²) in [5.41, 5.74) is 10.7. The smallest absolute Gasteiger partial charge is 0.232 e. The van der Waals surface area contributed by atoms with E-state index >= 15 is 4.39 Å². The van der Waals surface area contributed by atoms with Gasteiger partial charge >= 0.3 is 0 Å². The van der Waals surface area contributed by atoms with E-state index in [2.05, 4.69) is 59.6 Å². The van der Waals surface area contributed by atoms with E-state index in [-0.39, 0.29) is 22.2 Å². The first-order valence-electron chi connectivity index (χ1n) is 14.5. The Bertz CT molecular complexity index is 1310. The van der Waals surface area contributed by atoms with E-state index < -0.39 is 15.8 Å². The van der Waals surface area contributed by atoms with Gasteiger partial charge in [-0.15, -0.1) is 5.53 Å². The summed E-state index contributed by atoms with van der Waals surface area (Å²) >= 11 is 6.54. The van der Waals surface area contributed by atoms with Crippen LogP contribution in [-0.2, 0) is 10.0 Å². The number of halogens is 2. The van der Waals surface area contributed by atoms with Crippen LogP contribution in [0.4, 0.5) is 15.8 Å². The van der Waals surface area contributed by atoms with E-state index in [1.807, 2.05) is 0 Å². The van der Waals surface area contributed by atoms with Gasteiger partial charge in [0.2, 0.25) is 10.0 Å². The molecule has 4 rings (SSSR count). The number of hydrogen-bond acceptors (Lipinski definition) is 6. The molecule has 1 saturated heterocycles. The maximum absolute atomic E-state index is 15.0. The lowest BCUT2D eigenvalue weighted by molar-refractivity contribution is 0.233. The van der Waals surface area contributed by atoms with Crippen molar-refractivity contribution in [2.45, 2.75) is 72.6 Å². The van der Waals surface area contributed by atoms with Crippen LogP contribution < -0.4 is 20.7 Å². The molecule has 1 aliphatic carbocycles. The summed E-state index contributed by atoms with van der Waals surface area (Å²) in [5.74, 6) is 0.821. The number of allylic oxidation sites excluding steroid dienone is 4. The number of benzene rings is 1. The van der Waals surface area contributed by atoms with E-state index in [0.29, 0.717) is 12.3 Å². The van der Waals surface area contributed by atoms with Gasteiger partial charge in [-0.25, -0.2) is 12.8 Å². The monoisotopic (exact) mass is 591 g/mol. The zero-order valence-electron chi connectivity index (χ0n) is 24.1. The van der Waals surface area contributed by atoms with Crippen LogP contribution in [0.15, 0.2) is 59.1 Å². The first-order valence-corrected chi connectivity index (χ1v) is 16.5. The Hall–Kier alpha value is -2.49. The summed E-state index contributed by atoms with van der Waals surface area (Å²) in [7, 11) is -3.58. The van der Waals surface area contributed by atoms with E-state index in [1.54, 1.807) is 13.1 Å². The molecule has 1 aromatic rings. The molecule has 220 valence electrons. The van der Waals surface area contributed by atoms with Gasteiger partial charge in [-0.2, -0.15) is 0 Å². The fraction of sp³-hybridized carbons (Fsp3) is 0.533. The third-order valence-electron chi connectivity index (χ3n) is 7.95. The fourth-order valence-corrected chi connectivity index (χ4v) is 7.00. The van der Waals surface area contributed by atoms with Crippen LogP contribution in [0.3, 0.4) is 0 Å². The van der Waals surface area contributed by atoms with Crippen LogP contribution in [0.2, 0.25) is 5.02 Å². The van der Waals surface area contributed by atoms with Gasteiger partial charge in [0, 0.05) is 25.0 Å². The highest BCUT2D eigenvalue weighted by Crippen LogP contribution is 2.37. The topological polar surface area (TPSA) is 76.7 Å². The summed E-state index contributed by atoms with van der Waals surface area (Å²) in [5, 5.41) is 1.44. The first kappa shape index (κ1) is 30.5. The minimum atomic E-state index is -3.58. The molecule has 1 fully saturated rings. The summed E-state index contributed by atoms with van der Waals surface area (Å²) in [4.78, 5) is 2.52. The van der Waals surface area contributed by atoms with Gasteiger partial charge < -0.3 is 10.3 Å². The third kappa shape index (κ3) is 7.42. The molecule has 0 bridgehead atoms. The SMILES string of the molecule is CCCS(=O)(=O)Nc1ccc(F)c(N2C=C(C3=CCC(CC)=CC(N4CCCCC(C(C)C)CC4)=C3)NN2)c1Cl. The van der Waals surface area contributed by atoms with Gasteiger partial charge in [0.05, 0.1) is 22.2 Å². The van der Waals surface area contributed by atoms with Crippen molar-refractivity contribution in [2.24, 2.45) is 11.8 Å². The average molecular weight is 592 g/mol. The highest BCUT2D eigenvalue weighted by molar-refractivity contribution is 7.92. The maximum Gasteiger partial charge on any atom is 0.232 e. The Kier molecular flexibility index (Phi) is 10.2. The van der Waals surface area contributed by atoms with Crippen LogP contribution in [0.25, 0.3) is 0 Å². The van der Waals surface area contributed by atoms with Crippen molar-refractivity contribution in [3.8, 4) is 0 Å². The zero-order valence-corrected chi connectivity index (χ0v) is 25.6. The van der Waals surface area contributed by atoms with Crippen molar-refractivity contribution >= 4 is 33.0 Å². The molecule has 40 heavy (non-hydrogen) atoms. The van der Waals surface area contributed by atoms with E-state index in [0.717, 1.165) is 43.1 Å². The van der Waals surface area contributed by atoms with Crippen molar-refractivity contribution in [2.75, 3.05) is 28.6 Å². The lowest BCUT2D eigenvalue weighted by atomic mass is 9.86. The van der Waals surface area contributed by atoms with Crippen LogP contribution in [-0.4, -0.2) is 32.2 Å². The number of rotatable bonds is 9. The van der Waals surface area contributed by atoms with Gasteiger partial charge in [0.1, 0.15) is 11.5 Å². The fourth-order valence-electron chi connectivity index (χ4n) is 5.51. The quantitative estimate of drug-likeness (QED) is 0.287. The van der Waals surface area contributed by atoms with Crippen LogP contribution in [0, 0.1) is 17.7 Å². The molecule has 3 aliphatic rings. The van der Waals surface area contributed by atoms with Crippen molar-refractivity contribution in [3.63, 3.8) is 0 Å². The summed E-state index contributed by atoms with van der Waals surface area (Å²) < 4.78 is 42.1. The molecule has 1 aromatic carbocycles. The molecule has 0 aromatic heterocycles. The van der Waals surface area contributed by atoms with E-state index in [4.69, 9.17) is 11.6 Å². The Balaban J connectivity index is 1.61. The molecule has 1 atom stereocenters. The lowest BCUT2D eigenvalue weighted by Crippen LogP contribution is -2.37. The Labute approximate surface area is 244 Å². The van der Waals surface area contributed by atoms with Crippen LogP contribution in [0.5, 0.6) is 0 Å². The highest BCUT2D eigenvalue weighted by atomic mass is 35.5. The summed E-state index contributed by atoms with van der Waals surface area (Å²) in [6.45, 7) is 10.7. The molecular weight excluding hydrogens is 549 g/mol. The summed E-state index contributed by atoms with van der Waals surface area (Å²) in [6, 6.07) is 2.56. The molecule has 0 amide bonds. The van der Waals surface area contributed by atoms with Gasteiger partial charge in [0.15, 0.2) is 0 Å². The maximum atomic E-state index is 15.0. The Morgan fingerprint density at radius 1 is 1.15 bits per heavy atom. The number of hydrazine groups is 2. The first-order chi connectivity index (χ1) is 19.1. The van der Waals surface area contributed by atoms with Crippen LogP contribution in [0.1, 0.15) is 72.6 Å². The van der Waals surface area contributed by atoms with Crippen molar-refractivity contribution in [1.82, 2.24) is 15.9 Å². The predicted octanol–water partition coefficient (Wildman–Crippen LogP) is 7.00. The third-order valence-corrected chi connectivity index (χ3v) is 9.81. The van der Waals surface area contributed by atoms with Crippen LogP contribution >= 0.6 is 11.6 Å². The minimum absolute atomic E-state index is 0.0205. The molecular formula is C30H43ClFN5O2S. The minimum Gasteiger partial charge on any atom is -0.372 e. The number of sulfonamides is 1. The second-order valence-corrected chi connectivity index (χ2v) is 13.4. The molecule has 3 N–H and O–H groups in total. The molecule has 0 spiro atoms. The van der Waals surface area contributed by atoms with Gasteiger partial charge in [0.25, 0.3) is 0 Å². The predicted molar refractivity (Wildman–Crippen MR) is 163 cm³/mol. The largest absolute Gasteiger partial charge is 0.372 e. The molecule has 0 saturated carbocycles. The number of likely N-dealkylation sites (tertiary alicyclic amines) is 1. The Morgan fingerprint density at radius 2 is 1.95 bits per heavy atom. The van der Waals surface area contributed by atoms with Gasteiger partial charge in [-0.3, -0.25) is 9.73 Å². The summed E-state index contributed by atoms with van der Waals surface area (Å²) in [6.07, 6.45) is 15.7. The van der Waals surface area contributed by atoms with E-state index in [1.165, 1.54) is 54.1 Å². The van der Waals surface area contributed by atoms with E-state index in [9.17, 15) is 8.42 Å². The highest BCUT2D eigenvalue weighted by Gasteiger charge is 2.25.